The summed E-state index contributed by atoms with van der Waals surface area (Å²) in [5.74, 6) is 0.265. The fourth-order valence-electron chi connectivity index (χ4n) is 4.27. The molecule has 1 fully saturated rings. The van der Waals surface area contributed by atoms with Gasteiger partial charge in [-0.05, 0) is 51.8 Å². The summed E-state index contributed by atoms with van der Waals surface area (Å²) in [6.45, 7) is 15.3. The van der Waals surface area contributed by atoms with Crippen molar-refractivity contribution in [2.75, 3.05) is 31.1 Å². The molecule has 3 aromatic rings. The fraction of sp³-hybridized carbons (Fsp3) is 0.480. The Kier molecular flexibility index (Phi) is 5.93. The predicted molar refractivity (Wildman–Crippen MR) is 131 cm³/mol. The molecule has 1 saturated heterocycles. The van der Waals surface area contributed by atoms with Crippen LogP contribution in [-0.2, 0) is 5.54 Å². The summed E-state index contributed by atoms with van der Waals surface area (Å²) in [5.41, 5.74) is 4.06. The van der Waals surface area contributed by atoms with Gasteiger partial charge in [0.25, 0.3) is 5.91 Å². The molecule has 3 heterocycles. The van der Waals surface area contributed by atoms with Crippen LogP contribution in [0.25, 0.3) is 11.0 Å². The molecule has 0 aliphatic carbocycles. The molecule has 4 rings (SSSR count). The summed E-state index contributed by atoms with van der Waals surface area (Å²) in [5, 5.41) is 6.38. The van der Waals surface area contributed by atoms with Crippen LogP contribution < -0.4 is 4.90 Å². The van der Waals surface area contributed by atoms with Crippen molar-refractivity contribution in [2.24, 2.45) is 0 Å². The molecule has 1 aliphatic rings. The number of piperazine rings is 1. The molecule has 7 heteroatoms. The minimum absolute atomic E-state index is 0.0506. The number of hydrogen-bond donors (Lipinski definition) is 0. The number of nitrogens with zero attached hydrogens (tertiary/aromatic N) is 5. The lowest BCUT2D eigenvalue weighted by molar-refractivity contribution is 0.0748. The largest absolute Gasteiger partial charge is 0.367 e. The van der Waals surface area contributed by atoms with E-state index in [0.717, 1.165) is 46.2 Å². The van der Waals surface area contributed by atoms with E-state index in [1.165, 1.54) is 0 Å². The molecular weight excluding hydrogens is 422 g/mol. The van der Waals surface area contributed by atoms with E-state index >= 15 is 0 Å². The molecule has 0 saturated carbocycles. The highest BCUT2D eigenvalue weighted by Crippen LogP contribution is 2.31. The summed E-state index contributed by atoms with van der Waals surface area (Å²) in [6.07, 6.45) is 0. The van der Waals surface area contributed by atoms with Gasteiger partial charge in [0.15, 0.2) is 5.65 Å². The number of aryl methyl sites for hydroxylation is 1. The smallest absolute Gasteiger partial charge is 0.254 e. The molecule has 0 radical (unpaired) electrons. The number of rotatable bonds is 3. The number of amides is 1. The standard InChI is InChI=1S/C25H32ClN5O/c1-16(2)20-15-18(22-17(3)28-31(23(22)27-20)25(4,5)6)24(32)30-13-11-29(12-14-30)21-10-8-7-9-19(21)26/h7-10,15-16H,11-14H2,1-6H3. The van der Waals surface area contributed by atoms with E-state index in [0.29, 0.717) is 18.7 Å². The number of hydrogen-bond acceptors (Lipinski definition) is 4. The zero-order valence-electron chi connectivity index (χ0n) is 19.8. The quantitative estimate of drug-likeness (QED) is 0.544. The van der Waals surface area contributed by atoms with Crippen LogP contribution in [0.2, 0.25) is 5.02 Å². The minimum atomic E-state index is -0.226. The van der Waals surface area contributed by atoms with Gasteiger partial charge in [-0.15, -0.1) is 0 Å². The van der Waals surface area contributed by atoms with Gasteiger partial charge >= 0.3 is 0 Å². The topological polar surface area (TPSA) is 54.3 Å². The maximum absolute atomic E-state index is 13.7. The van der Waals surface area contributed by atoms with Crippen LogP contribution in [-0.4, -0.2) is 51.8 Å². The van der Waals surface area contributed by atoms with E-state index in [-0.39, 0.29) is 17.4 Å². The second-order valence-electron chi connectivity index (χ2n) is 9.85. The zero-order chi connectivity index (χ0) is 23.2. The molecule has 1 aliphatic heterocycles. The number of fused-ring (bicyclic) bond motifs is 1. The molecular formula is C25H32ClN5O. The molecule has 0 N–H and O–H groups in total. The summed E-state index contributed by atoms with van der Waals surface area (Å²) in [6, 6.07) is 9.84. The number of para-hydroxylation sites is 1. The van der Waals surface area contributed by atoms with Gasteiger partial charge in [0.05, 0.1) is 32.9 Å². The normalized spacial score (nSPS) is 15.1. The van der Waals surface area contributed by atoms with Crippen LogP contribution in [0.4, 0.5) is 5.69 Å². The first-order valence-electron chi connectivity index (χ1n) is 11.3. The predicted octanol–water partition coefficient (Wildman–Crippen LogP) is 5.23. The Morgan fingerprint density at radius 2 is 1.75 bits per heavy atom. The van der Waals surface area contributed by atoms with Gasteiger partial charge in [0.1, 0.15) is 0 Å². The molecule has 1 amide bonds. The van der Waals surface area contributed by atoms with Crippen LogP contribution in [0.5, 0.6) is 0 Å². The van der Waals surface area contributed by atoms with E-state index in [4.69, 9.17) is 21.7 Å². The van der Waals surface area contributed by atoms with Crippen molar-refractivity contribution in [1.29, 1.82) is 0 Å². The lowest BCUT2D eigenvalue weighted by Crippen LogP contribution is -2.49. The van der Waals surface area contributed by atoms with Gasteiger partial charge in [0.2, 0.25) is 0 Å². The van der Waals surface area contributed by atoms with Gasteiger partial charge in [-0.25, -0.2) is 9.67 Å². The molecule has 32 heavy (non-hydrogen) atoms. The van der Waals surface area contributed by atoms with Crippen molar-refractivity contribution in [3.8, 4) is 0 Å². The number of benzene rings is 1. The Bertz CT molecular complexity index is 1150. The molecule has 170 valence electrons. The summed E-state index contributed by atoms with van der Waals surface area (Å²) >= 11 is 6.38. The molecule has 0 unspecified atom stereocenters. The molecule has 0 atom stereocenters. The number of carbonyl (C=O) groups is 1. The minimum Gasteiger partial charge on any atom is -0.367 e. The Balaban J connectivity index is 1.68. The fourth-order valence-corrected chi connectivity index (χ4v) is 4.52. The highest BCUT2D eigenvalue weighted by atomic mass is 35.5. The molecule has 0 spiro atoms. The number of carbonyl (C=O) groups excluding carboxylic acids is 1. The molecule has 2 aromatic heterocycles. The van der Waals surface area contributed by atoms with Crippen LogP contribution in [0, 0.1) is 6.92 Å². The van der Waals surface area contributed by atoms with Gasteiger partial charge in [-0.1, -0.05) is 37.6 Å². The van der Waals surface area contributed by atoms with Gasteiger partial charge in [-0.2, -0.15) is 5.10 Å². The SMILES string of the molecule is Cc1nn(C(C)(C)C)c2nc(C(C)C)cc(C(=O)N3CCN(c4ccccc4Cl)CC3)c12. The summed E-state index contributed by atoms with van der Waals surface area (Å²) < 4.78 is 1.95. The van der Waals surface area contributed by atoms with E-state index in [1.54, 1.807) is 0 Å². The van der Waals surface area contributed by atoms with Gasteiger partial charge in [-0.3, -0.25) is 4.79 Å². The van der Waals surface area contributed by atoms with E-state index in [9.17, 15) is 4.79 Å². The Morgan fingerprint density at radius 3 is 2.34 bits per heavy atom. The lowest BCUT2D eigenvalue weighted by Gasteiger charge is -2.36. The summed E-state index contributed by atoms with van der Waals surface area (Å²) in [4.78, 5) is 22.8. The lowest BCUT2D eigenvalue weighted by atomic mass is 10.0. The first kappa shape index (κ1) is 22.6. The van der Waals surface area contributed by atoms with Crippen LogP contribution in [0.15, 0.2) is 30.3 Å². The Hall–Kier alpha value is -2.60. The Labute approximate surface area is 195 Å². The maximum atomic E-state index is 13.7. The first-order chi connectivity index (χ1) is 15.1. The third-order valence-corrected chi connectivity index (χ3v) is 6.37. The van der Waals surface area contributed by atoms with Crippen molar-refractivity contribution in [1.82, 2.24) is 19.7 Å². The first-order valence-corrected chi connectivity index (χ1v) is 11.6. The monoisotopic (exact) mass is 453 g/mol. The highest BCUT2D eigenvalue weighted by molar-refractivity contribution is 6.33. The van der Waals surface area contributed by atoms with Crippen molar-refractivity contribution in [3.63, 3.8) is 0 Å². The Morgan fingerprint density at radius 1 is 1.09 bits per heavy atom. The van der Waals surface area contributed by atoms with Crippen molar-refractivity contribution >= 4 is 34.2 Å². The van der Waals surface area contributed by atoms with Crippen LogP contribution in [0.1, 0.15) is 62.3 Å². The number of pyridine rings is 1. The van der Waals surface area contributed by atoms with E-state index in [1.807, 2.05) is 46.8 Å². The number of aromatic nitrogens is 3. The van der Waals surface area contributed by atoms with Crippen LogP contribution >= 0.6 is 11.6 Å². The van der Waals surface area contributed by atoms with Crippen molar-refractivity contribution in [2.45, 2.75) is 53.0 Å². The van der Waals surface area contributed by atoms with Gasteiger partial charge < -0.3 is 9.80 Å². The molecule has 6 nitrogen and oxygen atoms in total. The number of anilines is 1. The van der Waals surface area contributed by atoms with E-state index < -0.39 is 0 Å². The highest BCUT2D eigenvalue weighted by Gasteiger charge is 2.29. The second kappa shape index (κ2) is 8.39. The van der Waals surface area contributed by atoms with Crippen LogP contribution in [0.3, 0.4) is 0 Å². The molecule has 0 bridgehead atoms. The number of halogens is 1. The average molecular weight is 454 g/mol. The third-order valence-electron chi connectivity index (χ3n) is 6.05. The van der Waals surface area contributed by atoms with Crippen molar-refractivity contribution < 1.29 is 4.79 Å². The second-order valence-corrected chi connectivity index (χ2v) is 10.3. The molecule has 1 aromatic carbocycles. The average Bonchev–Trinajstić information content (AvgIpc) is 3.10. The van der Waals surface area contributed by atoms with Gasteiger partial charge in [0, 0.05) is 31.9 Å². The third kappa shape index (κ3) is 4.08. The zero-order valence-corrected chi connectivity index (χ0v) is 20.6. The maximum Gasteiger partial charge on any atom is 0.254 e. The van der Waals surface area contributed by atoms with Crippen molar-refractivity contribution in [3.05, 3.63) is 52.3 Å². The summed E-state index contributed by atoms with van der Waals surface area (Å²) in [7, 11) is 0. The van der Waals surface area contributed by atoms with E-state index in [2.05, 4.69) is 39.5 Å².